The average molecular weight is 355 g/mol. The SMILES string of the molecule is CCNC(=NCC(O)COc1cccc(C)c1)NC(C)c1ccccc1. The van der Waals surface area contributed by atoms with Gasteiger partial charge < -0.3 is 20.5 Å². The minimum Gasteiger partial charge on any atom is -0.491 e. The summed E-state index contributed by atoms with van der Waals surface area (Å²) in [5.74, 6) is 1.44. The Labute approximate surface area is 156 Å². The molecular weight excluding hydrogens is 326 g/mol. The maximum atomic E-state index is 10.2. The fourth-order valence-corrected chi connectivity index (χ4v) is 2.50. The highest BCUT2D eigenvalue weighted by atomic mass is 16.5. The molecule has 0 bridgehead atoms. The highest BCUT2D eigenvalue weighted by molar-refractivity contribution is 5.80. The molecule has 2 unspecified atom stereocenters. The number of aryl methyl sites for hydroxylation is 1. The van der Waals surface area contributed by atoms with Crippen molar-refractivity contribution in [2.45, 2.75) is 32.9 Å². The highest BCUT2D eigenvalue weighted by Crippen LogP contribution is 2.13. The van der Waals surface area contributed by atoms with E-state index in [-0.39, 0.29) is 19.2 Å². The van der Waals surface area contributed by atoms with Crippen molar-refractivity contribution >= 4 is 5.96 Å². The quantitative estimate of drug-likeness (QED) is 0.503. The molecule has 0 radical (unpaired) electrons. The van der Waals surface area contributed by atoms with E-state index in [4.69, 9.17) is 4.74 Å². The first kappa shape index (κ1) is 19.8. The molecule has 0 aliphatic heterocycles. The van der Waals surface area contributed by atoms with Gasteiger partial charge in [-0.2, -0.15) is 0 Å². The fraction of sp³-hybridized carbons (Fsp3) is 0.381. The number of hydrogen-bond donors (Lipinski definition) is 3. The van der Waals surface area contributed by atoms with Gasteiger partial charge in [-0.05, 0) is 44.0 Å². The molecule has 0 fully saturated rings. The van der Waals surface area contributed by atoms with Crippen LogP contribution in [-0.4, -0.2) is 36.9 Å². The van der Waals surface area contributed by atoms with E-state index in [1.165, 1.54) is 5.56 Å². The van der Waals surface area contributed by atoms with Gasteiger partial charge in [0, 0.05) is 6.54 Å². The molecule has 5 nitrogen and oxygen atoms in total. The van der Waals surface area contributed by atoms with Crippen molar-refractivity contribution in [3.05, 3.63) is 65.7 Å². The number of hydrogen-bond acceptors (Lipinski definition) is 3. The molecule has 26 heavy (non-hydrogen) atoms. The summed E-state index contributed by atoms with van der Waals surface area (Å²) >= 11 is 0. The molecule has 0 aliphatic rings. The van der Waals surface area contributed by atoms with Crippen molar-refractivity contribution in [3.8, 4) is 5.75 Å². The van der Waals surface area contributed by atoms with E-state index >= 15 is 0 Å². The summed E-state index contributed by atoms with van der Waals surface area (Å²) in [6.45, 7) is 7.34. The lowest BCUT2D eigenvalue weighted by atomic mass is 10.1. The minimum absolute atomic E-state index is 0.120. The molecule has 0 aromatic heterocycles. The van der Waals surface area contributed by atoms with Crippen molar-refractivity contribution in [1.29, 1.82) is 0 Å². The number of rotatable bonds is 8. The van der Waals surface area contributed by atoms with Gasteiger partial charge in [-0.1, -0.05) is 42.5 Å². The zero-order valence-electron chi connectivity index (χ0n) is 15.8. The lowest BCUT2D eigenvalue weighted by molar-refractivity contribution is 0.114. The fourth-order valence-electron chi connectivity index (χ4n) is 2.50. The Morgan fingerprint density at radius 1 is 1.15 bits per heavy atom. The van der Waals surface area contributed by atoms with Gasteiger partial charge in [0.1, 0.15) is 18.5 Å². The topological polar surface area (TPSA) is 65.9 Å². The second-order valence-electron chi connectivity index (χ2n) is 6.28. The molecule has 5 heteroatoms. The second-order valence-corrected chi connectivity index (χ2v) is 6.28. The maximum Gasteiger partial charge on any atom is 0.191 e. The van der Waals surface area contributed by atoms with Crippen LogP contribution >= 0.6 is 0 Å². The average Bonchev–Trinajstić information content (AvgIpc) is 2.65. The Hall–Kier alpha value is -2.53. The van der Waals surface area contributed by atoms with Crippen molar-refractivity contribution in [1.82, 2.24) is 10.6 Å². The van der Waals surface area contributed by atoms with Crippen molar-refractivity contribution in [3.63, 3.8) is 0 Å². The van der Waals surface area contributed by atoms with Gasteiger partial charge in [-0.25, -0.2) is 0 Å². The summed E-state index contributed by atoms with van der Waals surface area (Å²) in [7, 11) is 0. The molecule has 0 amide bonds. The third kappa shape index (κ3) is 6.76. The van der Waals surface area contributed by atoms with E-state index in [1.54, 1.807) is 0 Å². The zero-order valence-corrected chi connectivity index (χ0v) is 15.8. The number of aliphatic hydroxyl groups excluding tert-OH is 1. The van der Waals surface area contributed by atoms with Crippen LogP contribution in [0.3, 0.4) is 0 Å². The first-order valence-corrected chi connectivity index (χ1v) is 9.05. The molecule has 3 N–H and O–H groups in total. The molecule has 2 aromatic rings. The molecule has 0 spiro atoms. The Morgan fingerprint density at radius 2 is 1.92 bits per heavy atom. The van der Waals surface area contributed by atoms with Gasteiger partial charge in [0.15, 0.2) is 5.96 Å². The van der Waals surface area contributed by atoms with Crippen LogP contribution < -0.4 is 15.4 Å². The molecule has 0 heterocycles. The maximum absolute atomic E-state index is 10.2. The number of aliphatic hydroxyl groups is 1. The Morgan fingerprint density at radius 3 is 2.62 bits per heavy atom. The number of nitrogens with one attached hydrogen (secondary N) is 2. The van der Waals surface area contributed by atoms with Crippen LogP contribution in [-0.2, 0) is 0 Å². The minimum atomic E-state index is -0.669. The van der Waals surface area contributed by atoms with Gasteiger partial charge in [0.2, 0.25) is 0 Å². The van der Waals surface area contributed by atoms with Crippen molar-refractivity contribution < 1.29 is 9.84 Å². The van der Waals surface area contributed by atoms with Crippen LogP contribution in [0.1, 0.15) is 31.0 Å². The van der Waals surface area contributed by atoms with E-state index in [0.717, 1.165) is 17.9 Å². The van der Waals surface area contributed by atoms with Crippen LogP contribution in [0, 0.1) is 6.92 Å². The van der Waals surface area contributed by atoms with Gasteiger partial charge in [-0.3, -0.25) is 4.99 Å². The van der Waals surface area contributed by atoms with Gasteiger partial charge in [0.05, 0.1) is 12.6 Å². The number of nitrogens with zero attached hydrogens (tertiary/aromatic N) is 1. The van der Waals surface area contributed by atoms with Crippen molar-refractivity contribution in [2.24, 2.45) is 4.99 Å². The molecule has 0 saturated carbocycles. The number of ether oxygens (including phenoxy) is 1. The zero-order chi connectivity index (χ0) is 18.8. The predicted molar refractivity (Wildman–Crippen MR) is 107 cm³/mol. The van der Waals surface area contributed by atoms with Gasteiger partial charge in [0.25, 0.3) is 0 Å². The van der Waals surface area contributed by atoms with Crippen LogP contribution in [0.2, 0.25) is 0 Å². The lowest BCUT2D eigenvalue weighted by Gasteiger charge is -2.19. The first-order chi connectivity index (χ1) is 12.6. The highest BCUT2D eigenvalue weighted by Gasteiger charge is 2.09. The number of benzene rings is 2. The summed E-state index contributed by atoms with van der Waals surface area (Å²) in [4.78, 5) is 4.47. The van der Waals surface area contributed by atoms with Crippen LogP contribution in [0.25, 0.3) is 0 Å². The monoisotopic (exact) mass is 355 g/mol. The van der Waals surface area contributed by atoms with Crippen LogP contribution in [0.4, 0.5) is 0 Å². The molecule has 0 saturated heterocycles. The van der Waals surface area contributed by atoms with Crippen molar-refractivity contribution in [2.75, 3.05) is 19.7 Å². The number of aliphatic imine (C=N–C) groups is 1. The Balaban J connectivity index is 1.86. The Bertz CT molecular complexity index is 689. The molecular formula is C21H29N3O2. The number of guanidine groups is 1. The van der Waals surface area contributed by atoms with E-state index in [9.17, 15) is 5.11 Å². The van der Waals surface area contributed by atoms with E-state index in [2.05, 4.69) is 34.7 Å². The Kier molecular flexibility index (Phi) is 7.96. The summed E-state index contributed by atoms with van der Waals surface area (Å²) in [5.41, 5.74) is 2.31. The molecule has 0 aliphatic carbocycles. The smallest absolute Gasteiger partial charge is 0.191 e. The third-order valence-corrected chi connectivity index (χ3v) is 3.89. The molecule has 2 aromatic carbocycles. The standard InChI is InChI=1S/C21H29N3O2/c1-4-22-21(24-17(3)18-10-6-5-7-11-18)23-14-19(25)15-26-20-12-8-9-16(2)13-20/h5-13,17,19,25H,4,14-15H2,1-3H3,(H2,22,23,24). The predicted octanol–water partition coefficient (Wildman–Crippen LogP) is 3.05. The largest absolute Gasteiger partial charge is 0.491 e. The summed E-state index contributed by atoms with van der Waals surface area (Å²) in [6.07, 6.45) is -0.669. The summed E-state index contributed by atoms with van der Waals surface area (Å²) in [5, 5.41) is 16.7. The summed E-state index contributed by atoms with van der Waals surface area (Å²) < 4.78 is 5.63. The normalized spacial score (nSPS) is 13.8. The third-order valence-electron chi connectivity index (χ3n) is 3.89. The first-order valence-electron chi connectivity index (χ1n) is 9.05. The van der Waals surface area contributed by atoms with Gasteiger partial charge >= 0.3 is 0 Å². The second kappa shape index (κ2) is 10.5. The molecule has 140 valence electrons. The van der Waals surface area contributed by atoms with E-state index < -0.39 is 6.10 Å². The van der Waals surface area contributed by atoms with E-state index in [0.29, 0.717) is 5.96 Å². The van der Waals surface area contributed by atoms with Crippen LogP contribution in [0.15, 0.2) is 59.6 Å². The van der Waals surface area contributed by atoms with E-state index in [1.807, 2.05) is 56.3 Å². The van der Waals surface area contributed by atoms with Gasteiger partial charge in [-0.15, -0.1) is 0 Å². The molecule has 2 atom stereocenters. The molecule has 2 rings (SSSR count). The lowest BCUT2D eigenvalue weighted by Crippen LogP contribution is -2.39. The summed E-state index contributed by atoms with van der Waals surface area (Å²) in [6, 6.07) is 18.1. The van der Waals surface area contributed by atoms with Crippen LogP contribution in [0.5, 0.6) is 5.75 Å².